The molecule has 2 saturated heterocycles. The first kappa shape index (κ1) is 20.2. The van der Waals surface area contributed by atoms with E-state index in [1.807, 2.05) is 35.0 Å². The summed E-state index contributed by atoms with van der Waals surface area (Å²) in [5.74, 6) is 0.518. The molecular weight excluding hydrogens is 362 g/mol. The van der Waals surface area contributed by atoms with Gasteiger partial charge in [0.2, 0.25) is 11.8 Å². The third-order valence-electron chi connectivity index (χ3n) is 5.97. The van der Waals surface area contributed by atoms with Crippen LogP contribution in [-0.2, 0) is 16.1 Å². The Bertz CT molecular complexity index is 624. The number of amides is 2. The number of benzene rings is 1. The van der Waals surface area contributed by atoms with Gasteiger partial charge in [0.1, 0.15) is 5.88 Å². The maximum Gasteiger partial charge on any atom is 0.237 e. The zero-order valence-electron chi connectivity index (χ0n) is 16.1. The van der Waals surface area contributed by atoms with Crippen LogP contribution in [0.1, 0.15) is 31.2 Å². The summed E-state index contributed by atoms with van der Waals surface area (Å²) in [6.45, 7) is 4.23. The molecule has 0 saturated carbocycles. The van der Waals surface area contributed by atoms with E-state index in [1.165, 1.54) is 5.56 Å². The topological polar surface area (TPSA) is 43.9 Å². The van der Waals surface area contributed by atoms with Crippen molar-refractivity contribution >= 4 is 23.4 Å². The van der Waals surface area contributed by atoms with E-state index in [-0.39, 0.29) is 23.6 Å². The molecule has 3 rings (SSSR count). The summed E-state index contributed by atoms with van der Waals surface area (Å²) >= 11 is 5.66. The van der Waals surface area contributed by atoms with Crippen molar-refractivity contribution in [1.29, 1.82) is 0 Å². The van der Waals surface area contributed by atoms with Gasteiger partial charge in [0.05, 0.1) is 0 Å². The van der Waals surface area contributed by atoms with Crippen molar-refractivity contribution in [3.8, 4) is 0 Å². The van der Waals surface area contributed by atoms with Gasteiger partial charge in [0, 0.05) is 38.6 Å². The highest BCUT2D eigenvalue weighted by atomic mass is 35.5. The summed E-state index contributed by atoms with van der Waals surface area (Å²) in [7, 11) is 1.91. The van der Waals surface area contributed by atoms with Gasteiger partial charge in [0.25, 0.3) is 0 Å². The van der Waals surface area contributed by atoms with Crippen LogP contribution in [0.2, 0.25) is 0 Å². The van der Waals surface area contributed by atoms with Gasteiger partial charge in [-0.1, -0.05) is 30.3 Å². The van der Waals surface area contributed by atoms with Crippen molar-refractivity contribution in [2.75, 3.05) is 39.1 Å². The third-order valence-corrected chi connectivity index (χ3v) is 6.19. The van der Waals surface area contributed by atoms with Crippen molar-refractivity contribution in [3.05, 3.63) is 35.9 Å². The molecule has 27 heavy (non-hydrogen) atoms. The lowest BCUT2D eigenvalue weighted by atomic mass is 9.92. The minimum atomic E-state index is 0.0425. The van der Waals surface area contributed by atoms with Gasteiger partial charge < -0.3 is 14.7 Å². The molecule has 0 unspecified atom stereocenters. The highest BCUT2D eigenvalue weighted by Crippen LogP contribution is 2.25. The molecule has 2 fully saturated rings. The summed E-state index contributed by atoms with van der Waals surface area (Å²) in [5.41, 5.74) is 1.17. The third kappa shape index (κ3) is 5.23. The van der Waals surface area contributed by atoms with Crippen LogP contribution in [-0.4, -0.2) is 71.7 Å². The van der Waals surface area contributed by atoms with Gasteiger partial charge in [-0.3, -0.25) is 9.59 Å². The first-order valence-electron chi connectivity index (χ1n) is 9.95. The fourth-order valence-electron chi connectivity index (χ4n) is 4.32. The second kappa shape index (κ2) is 9.56. The number of carbonyl (C=O) groups excluding carboxylic acids is 2. The van der Waals surface area contributed by atoms with E-state index < -0.39 is 0 Å². The molecule has 1 aromatic carbocycles. The lowest BCUT2D eigenvalue weighted by Gasteiger charge is -2.41. The minimum Gasteiger partial charge on any atom is -0.342 e. The Morgan fingerprint density at radius 2 is 1.67 bits per heavy atom. The monoisotopic (exact) mass is 391 g/mol. The lowest BCUT2D eigenvalue weighted by molar-refractivity contribution is -0.137. The molecular formula is C21H30ClN3O2. The number of hydrogen-bond donors (Lipinski definition) is 0. The first-order chi connectivity index (χ1) is 13.1. The highest BCUT2D eigenvalue weighted by Gasteiger charge is 2.32. The molecule has 2 aliphatic rings. The summed E-state index contributed by atoms with van der Waals surface area (Å²) in [6, 6.07) is 10.7. The zero-order valence-corrected chi connectivity index (χ0v) is 16.9. The fourth-order valence-corrected chi connectivity index (χ4v) is 4.49. The van der Waals surface area contributed by atoms with Crippen LogP contribution in [0.4, 0.5) is 0 Å². The molecule has 0 aliphatic carbocycles. The number of alkyl halides is 1. The minimum absolute atomic E-state index is 0.0425. The molecule has 148 valence electrons. The van der Waals surface area contributed by atoms with Crippen molar-refractivity contribution < 1.29 is 9.59 Å². The smallest absolute Gasteiger partial charge is 0.237 e. The Labute approximate surface area is 167 Å². The molecule has 0 spiro atoms. The van der Waals surface area contributed by atoms with Crippen molar-refractivity contribution in [2.45, 2.75) is 38.3 Å². The fraction of sp³-hybridized carbons (Fsp3) is 0.619. The van der Waals surface area contributed by atoms with E-state index in [4.69, 9.17) is 11.6 Å². The number of piperidine rings is 2. The van der Waals surface area contributed by atoms with Crippen LogP contribution < -0.4 is 0 Å². The highest BCUT2D eigenvalue weighted by molar-refractivity contribution is 6.27. The van der Waals surface area contributed by atoms with Gasteiger partial charge in [-0.25, -0.2) is 0 Å². The molecule has 2 heterocycles. The molecule has 0 radical (unpaired) electrons. The van der Waals surface area contributed by atoms with E-state index in [9.17, 15) is 9.59 Å². The number of rotatable bonds is 5. The van der Waals surface area contributed by atoms with Gasteiger partial charge >= 0.3 is 0 Å². The number of hydrogen-bond acceptors (Lipinski definition) is 3. The Balaban J connectivity index is 1.43. The molecule has 1 aromatic rings. The zero-order chi connectivity index (χ0) is 19.2. The standard InChI is InChI=1S/C21H30ClN3O2/c1-23(16-17-5-3-2-4-6-17)21(27)18-7-11-24(12-8-18)19-9-13-25(14-10-19)20(26)15-22/h2-6,18-19H,7-16H2,1H3. The molecule has 0 aromatic heterocycles. The predicted molar refractivity (Wildman–Crippen MR) is 108 cm³/mol. The molecule has 0 atom stereocenters. The molecule has 2 amide bonds. The Morgan fingerprint density at radius 3 is 2.26 bits per heavy atom. The van der Waals surface area contributed by atoms with Gasteiger partial charge in [-0.2, -0.15) is 0 Å². The normalized spacial score (nSPS) is 19.9. The van der Waals surface area contributed by atoms with E-state index in [0.29, 0.717) is 12.6 Å². The Kier molecular flexibility index (Phi) is 7.13. The summed E-state index contributed by atoms with van der Waals surface area (Å²) in [4.78, 5) is 30.7. The molecule has 0 N–H and O–H groups in total. The quantitative estimate of drug-likeness (QED) is 0.724. The van der Waals surface area contributed by atoms with E-state index >= 15 is 0 Å². The van der Waals surface area contributed by atoms with Gasteiger partial charge in [-0.05, 0) is 44.3 Å². The molecule has 6 heteroatoms. The van der Waals surface area contributed by atoms with Crippen LogP contribution in [0, 0.1) is 5.92 Å². The summed E-state index contributed by atoms with van der Waals surface area (Å²) in [6.07, 6.45) is 3.88. The average molecular weight is 392 g/mol. The maximum atomic E-state index is 12.8. The van der Waals surface area contributed by atoms with Crippen LogP contribution in [0.5, 0.6) is 0 Å². The number of nitrogens with zero attached hydrogens (tertiary/aromatic N) is 3. The van der Waals surface area contributed by atoms with Crippen molar-refractivity contribution in [2.24, 2.45) is 5.92 Å². The molecule has 0 bridgehead atoms. The van der Waals surface area contributed by atoms with Crippen LogP contribution in [0.15, 0.2) is 30.3 Å². The van der Waals surface area contributed by atoms with E-state index in [2.05, 4.69) is 17.0 Å². The van der Waals surface area contributed by atoms with Crippen LogP contribution in [0.25, 0.3) is 0 Å². The number of halogens is 1. The predicted octanol–water partition coefficient (Wildman–Crippen LogP) is 2.59. The largest absolute Gasteiger partial charge is 0.342 e. The number of carbonyl (C=O) groups is 2. The van der Waals surface area contributed by atoms with Crippen LogP contribution >= 0.6 is 11.6 Å². The van der Waals surface area contributed by atoms with Crippen molar-refractivity contribution in [3.63, 3.8) is 0 Å². The Morgan fingerprint density at radius 1 is 1.04 bits per heavy atom. The van der Waals surface area contributed by atoms with Crippen molar-refractivity contribution in [1.82, 2.24) is 14.7 Å². The van der Waals surface area contributed by atoms with E-state index in [1.54, 1.807) is 0 Å². The maximum absolute atomic E-state index is 12.8. The molecule has 5 nitrogen and oxygen atoms in total. The second-order valence-corrected chi connectivity index (χ2v) is 8.00. The first-order valence-corrected chi connectivity index (χ1v) is 10.5. The molecule has 2 aliphatic heterocycles. The lowest BCUT2D eigenvalue weighted by Crippen LogP contribution is -2.50. The van der Waals surface area contributed by atoms with Gasteiger partial charge in [-0.15, -0.1) is 11.6 Å². The Hall–Kier alpha value is -1.59. The van der Waals surface area contributed by atoms with Crippen LogP contribution in [0.3, 0.4) is 0 Å². The number of likely N-dealkylation sites (tertiary alicyclic amines) is 2. The summed E-state index contributed by atoms with van der Waals surface area (Å²) < 4.78 is 0. The summed E-state index contributed by atoms with van der Waals surface area (Å²) in [5, 5.41) is 0. The van der Waals surface area contributed by atoms with Gasteiger partial charge in [0.15, 0.2) is 0 Å². The van der Waals surface area contributed by atoms with E-state index in [0.717, 1.165) is 51.9 Å². The average Bonchev–Trinajstić information content (AvgIpc) is 2.73. The SMILES string of the molecule is CN(Cc1ccccc1)C(=O)C1CCN(C2CCN(C(=O)CCl)CC2)CC1. The second-order valence-electron chi connectivity index (χ2n) is 7.74.